The summed E-state index contributed by atoms with van der Waals surface area (Å²) in [5, 5.41) is 8.63. The average Bonchev–Trinajstić information content (AvgIpc) is 2.36. The number of benzene rings is 1. The lowest BCUT2D eigenvalue weighted by Gasteiger charge is -2.02. The van der Waals surface area contributed by atoms with Crippen LogP contribution >= 0.6 is 0 Å². The van der Waals surface area contributed by atoms with Crippen molar-refractivity contribution in [1.29, 1.82) is 0 Å². The van der Waals surface area contributed by atoms with Crippen LogP contribution in [0.2, 0.25) is 0 Å². The molecule has 0 aromatic heterocycles. The largest absolute Gasteiger partial charge is 0.508 e. The molecule has 1 aromatic carbocycles. The highest BCUT2D eigenvalue weighted by Gasteiger charge is 2.05. The molecule has 0 aliphatic carbocycles. The quantitative estimate of drug-likeness (QED) is 0.462. The summed E-state index contributed by atoms with van der Waals surface area (Å²) in [6, 6.07) is 8.71. The Labute approximate surface area is 130 Å². The van der Waals surface area contributed by atoms with Gasteiger partial charge in [-0.1, -0.05) is 18.2 Å². The molecule has 128 valence electrons. The van der Waals surface area contributed by atoms with Crippen LogP contribution in [0.5, 0.6) is 5.75 Å². The van der Waals surface area contributed by atoms with Crippen LogP contribution in [0.15, 0.2) is 30.3 Å². The molecule has 0 radical (unpaired) electrons. The van der Waals surface area contributed by atoms with E-state index in [4.69, 9.17) is 18.9 Å². The molecular formula is C12H20O8S2. The Morgan fingerprint density at radius 1 is 0.818 bits per heavy atom. The molecule has 10 heteroatoms. The number of phenolic OH excluding ortho intramolecular Hbond substituents is 1. The van der Waals surface area contributed by atoms with E-state index in [9.17, 15) is 16.8 Å². The van der Waals surface area contributed by atoms with Crippen LogP contribution in [0.4, 0.5) is 0 Å². The van der Waals surface area contributed by atoms with Crippen LogP contribution in [0.3, 0.4) is 0 Å². The second kappa shape index (κ2) is 10.5. The predicted molar refractivity (Wildman–Crippen MR) is 81.0 cm³/mol. The second-order valence-corrected chi connectivity index (χ2v) is 7.37. The molecule has 22 heavy (non-hydrogen) atoms. The van der Waals surface area contributed by atoms with E-state index in [2.05, 4.69) is 0 Å². The molecule has 8 nitrogen and oxygen atoms in total. The van der Waals surface area contributed by atoms with Gasteiger partial charge in [0.1, 0.15) is 5.75 Å². The van der Waals surface area contributed by atoms with Gasteiger partial charge in [-0.15, -0.1) is 0 Å². The monoisotopic (exact) mass is 356 g/mol. The van der Waals surface area contributed by atoms with E-state index in [1.807, 2.05) is 6.07 Å². The van der Waals surface area contributed by atoms with Gasteiger partial charge in [0.25, 0.3) is 20.2 Å². The van der Waals surface area contributed by atoms with Gasteiger partial charge in [-0.3, -0.25) is 9.11 Å². The molecule has 0 spiro atoms. The first-order valence-electron chi connectivity index (χ1n) is 6.32. The summed E-state index contributed by atoms with van der Waals surface area (Å²) in [5.74, 6) is -0.446. The number of para-hydroxylation sites is 1. The molecular weight excluding hydrogens is 336 g/mol. The third kappa shape index (κ3) is 16.9. The molecule has 1 aromatic rings. The summed E-state index contributed by atoms with van der Waals surface area (Å²) in [4.78, 5) is 0. The first-order valence-corrected chi connectivity index (χ1v) is 9.54. The summed E-state index contributed by atoms with van der Waals surface area (Å²) < 4.78 is 62.5. The van der Waals surface area contributed by atoms with Crippen molar-refractivity contribution in [2.24, 2.45) is 0 Å². The van der Waals surface area contributed by atoms with Crippen LogP contribution in [0, 0.1) is 0 Å². The van der Waals surface area contributed by atoms with Gasteiger partial charge < -0.3 is 9.84 Å². The first kappa shape index (κ1) is 20.8. The molecule has 0 saturated heterocycles. The van der Waals surface area contributed by atoms with E-state index in [0.717, 1.165) is 0 Å². The van der Waals surface area contributed by atoms with E-state index in [0.29, 0.717) is 5.75 Å². The van der Waals surface area contributed by atoms with Crippen LogP contribution in [-0.2, 0) is 25.0 Å². The van der Waals surface area contributed by atoms with Crippen molar-refractivity contribution in [2.45, 2.75) is 12.8 Å². The zero-order valence-electron chi connectivity index (χ0n) is 11.8. The number of ether oxygens (including phenoxy) is 1. The number of hydrogen-bond acceptors (Lipinski definition) is 6. The summed E-state index contributed by atoms with van der Waals surface area (Å²) >= 11 is 0. The minimum Gasteiger partial charge on any atom is -0.508 e. The molecule has 0 amide bonds. The van der Waals surface area contributed by atoms with E-state index in [1.165, 1.54) is 0 Å². The fraction of sp³-hybridized carbons (Fsp3) is 0.500. The lowest BCUT2D eigenvalue weighted by molar-refractivity contribution is 0.135. The third-order valence-corrected chi connectivity index (χ3v) is 3.75. The van der Waals surface area contributed by atoms with E-state index >= 15 is 0 Å². The van der Waals surface area contributed by atoms with E-state index < -0.39 is 20.2 Å². The van der Waals surface area contributed by atoms with Crippen molar-refractivity contribution in [1.82, 2.24) is 0 Å². The van der Waals surface area contributed by atoms with Crippen LogP contribution in [0.25, 0.3) is 0 Å². The normalized spacial score (nSPS) is 11.5. The van der Waals surface area contributed by atoms with Crippen molar-refractivity contribution in [2.75, 3.05) is 24.7 Å². The topological polar surface area (TPSA) is 138 Å². The third-order valence-electron chi connectivity index (χ3n) is 2.14. The molecule has 0 aliphatic rings. The Morgan fingerprint density at radius 2 is 1.23 bits per heavy atom. The van der Waals surface area contributed by atoms with Crippen molar-refractivity contribution >= 4 is 20.2 Å². The van der Waals surface area contributed by atoms with Crippen molar-refractivity contribution < 1.29 is 35.8 Å². The molecule has 0 fully saturated rings. The number of aromatic hydroxyl groups is 1. The van der Waals surface area contributed by atoms with E-state index in [1.54, 1.807) is 24.3 Å². The maximum atomic E-state index is 10.2. The summed E-state index contributed by atoms with van der Waals surface area (Å²) in [5.41, 5.74) is 0. The Kier molecular flexibility index (Phi) is 9.94. The van der Waals surface area contributed by atoms with Gasteiger partial charge >= 0.3 is 0 Å². The molecule has 3 N–H and O–H groups in total. The molecule has 0 saturated carbocycles. The van der Waals surface area contributed by atoms with Crippen molar-refractivity contribution in [3.63, 3.8) is 0 Å². The standard InChI is InChI=1S/C6H14O7S2.C6H6O/c7-14(8,9)5-1-3-13-4-2-6-15(10,11)12;7-6-4-2-1-3-5-6/h1-6H2,(H,7,8,9)(H,10,11,12);1-5,7H. The highest BCUT2D eigenvalue weighted by molar-refractivity contribution is 7.86. The lowest BCUT2D eigenvalue weighted by atomic mass is 10.3. The highest BCUT2D eigenvalue weighted by Crippen LogP contribution is 2.02. The van der Waals surface area contributed by atoms with Gasteiger partial charge in [0, 0.05) is 13.2 Å². The van der Waals surface area contributed by atoms with Crippen LogP contribution in [-0.4, -0.2) is 55.8 Å². The maximum absolute atomic E-state index is 10.2. The minimum atomic E-state index is -3.96. The second-order valence-electron chi connectivity index (χ2n) is 4.23. The molecule has 0 heterocycles. The number of phenols is 1. The van der Waals surface area contributed by atoms with Gasteiger partial charge in [-0.05, 0) is 25.0 Å². The summed E-state index contributed by atoms with van der Waals surface area (Å²) in [7, 11) is -7.91. The number of rotatable bonds is 8. The zero-order valence-corrected chi connectivity index (χ0v) is 13.5. The lowest BCUT2D eigenvalue weighted by Crippen LogP contribution is -2.10. The first-order chi connectivity index (χ1) is 10.1. The van der Waals surface area contributed by atoms with Gasteiger partial charge in [0.15, 0.2) is 0 Å². The van der Waals surface area contributed by atoms with Crippen LogP contribution in [0.1, 0.15) is 12.8 Å². The summed E-state index contributed by atoms with van der Waals surface area (Å²) in [6.07, 6.45) is 0.287. The van der Waals surface area contributed by atoms with Gasteiger partial charge in [-0.25, -0.2) is 0 Å². The molecule has 0 atom stereocenters. The minimum absolute atomic E-state index is 0.116. The van der Waals surface area contributed by atoms with Crippen molar-refractivity contribution in [3.05, 3.63) is 30.3 Å². The Morgan fingerprint density at radius 3 is 1.50 bits per heavy atom. The molecule has 0 unspecified atom stereocenters. The predicted octanol–water partition coefficient (Wildman–Crippen LogP) is 0.951. The Bertz CT molecular complexity index is 559. The summed E-state index contributed by atoms with van der Waals surface area (Å²) in [6.45, 7) is 0.233. The molecule has 1 rings (SSSR count). The molecule has 0 bridgehead atoms. The van der Waals surface area contributed by atoms with Gasteiger partial charge in [0.05, 0.1) is 11.5 Å². The maximum Gasteiger partial charge on any atom is 0.264 e. The molecule has 0 aliphatic heterocycles. The Balaban J connectivity index is 0.000000518. The van der Waals surface area contributed by atoms with Gasteiger partial charge in [-0.2, -0.15) is 16.8 Å². The highest BCUT2D eigenvalue weighted by atomic mass is 32.2. The Hall–Kier alpha value is -1.20. The fourth-order valence-corrected chi connectivity index (χ4v) is 2.18. The smallest absolute Gasteiger partial charge is 0.264 e. The zero-order chi connectivity index (χ0) is 17.1. The van der Waals surface area contributed by atoms with Crippen LogP contribution < -0.4 is 0 Å². The van der Waals surface area contributed by atoms with E-state index in [-0.39, 0.29) is 37.6 Å². The SMILES string of the molecule is O=S(=O)(O)CCCOCCCS(=O)(=O)O.Oc1ccccc1. The fourth-order valence-electron chi connectivity index (χ4n) is 1.22. The average molecular weight is 356 g/mol. The van der Waals surface area contributed by atoms with Crippen molar-refractivity contribution in [3.8, 4) is 5.75 Å². The number of hydrogen-bond donors (Lipinski definition) is 3. The van der Waals surface area contributed by atoms with Gasteiger partial charge in [0.2, 0.25) is 0 Å².